The van der Waals surface area contributed by atoms with Crippen LogP contribution in [0.2, 0.25) is 0 Å². The Morgan fingerprint density at radius 2 is 2.12 bits per heavy atom. The van der Waals surface area contributed by atoms with E-state index in [-0.39, 0.29) is 0 Å². The molecule has 2 aromatic rings. The first-order valence-corrected chi connectivity index (χ1v) is 4.75. The summed E-state index contributed by atoms with van der Waals surface area (Å²) in [6, 6.07) is 1.81. The SMILES string of the molecule is Cc1ncncc1-c1cnc(N)c(C=N)c1. The molecule has 0 saturated carbocycles. The third kappa shape index (κ3) is 1.75. The van der Waals surface area contributed by atoms with Gasteiger partial charge in [0.25, 0.3) is 0 Å². The molecule has 3 N–H and O–H groups in total. The number of nitrogens with two attached hydrogens (primary N) is 1. The van der Waals surface area contributed by atoms with Crippen LogP contribution >= 0.6 is 0 Å². The maximum Gasteiger partial charge on any atom is 0.132 e. The first kappa shape index (κ1) is 10.2. The van der Waals surface area contributed by atoms with Crippen LogP contribution in [0.15, 0.2) is 24.8 Å². The minimum absolute atomic E-state index is 0.355. The first-order chi connectivity index (χ1) is 7.72. The topological polar surface area (TPSA) is 88.5 Å². The Morgan fingerprint density at radius 3 is 2.81 bits per heavy atom. The molecule has 0 spiro atoms. The third-order valence-corrected chi connectivity index (χ3v) is 2.33. The molecule has 0 aliphatic rings. The lowest BCUT2D eigenvalue weighted by molar-refractivity contribution is 1.10. The molecule has 0 aliphatic heterocycles. The van der Waals surface area contributed by atoms with Crippen molar-refractivity contribution in [2.24, 2.45) is 0 Å². The van der Waals surface area contributed by atoms with Crippen molar-refractivity contribution >= 4 is 12.0 Å². The summed E-state index contributed by atoms with van der Waals surface area (Å²) in [5.41, 5.74) is 8.86. The van der Waals surface area contributed by atoms with Crippen LogP contribution in [0.4, 0.5) is 5.82 Å². The zero-order valence-electron chi connectivity index (χ0n) is 8.81. The van der Waals surface area contributed by atoms with Crippen LogP contribution in [0.3, 0.4) is 0 Å². The van der Waals surface area contributed by atoms with Gasteiger partial charge in [-0.3, -0.25) is 0 Å². The van der Waals surface area contributed by atoms with Crippen LogP contribution in [0, 0.1) is 12.3 Å². The molecule has 0 saturated heterocycles. The van der Waals surface area contributed by atoms with E-state index in [0.29, 0.717) is 11.4 Å². The lowest BCUT2D eigenvalue weighted by Crippen LogP contribution is -1.98. The van der Waals surface area contributed by atoms with Gasteiger partial charge in [-0.2, -0.15) is 0 Å². The average molecular weight is 213 g/mol. The molecule has 2 aromatic heterocycles. The number of anilines is 1. The van der Waals surface area contributed by atoms with E-state index in [9.17, 15) is 0 Å². The predicted octanol–water partition coefficient (Wildman–Crippen LogP) is 1.43. The summed E-state index contributed by atoms with van der Waals surface area (Å²) in [5.74, 6) is 0.355. The summed E-state index contributed by atoms with van der Waals surface area (Å²) in [7, 11) is 0. The molecule has 2 heterocycles. The second kappa shape index (κ2) is 4.06. The number of nitrogen functional groups attached to an aromatic ring is 1. The maximum absolute atomic E-state index is 7.22. The molecular formula is C11H11N5. The van der Waals surface area contributed by atoms with E-state index in [1.165, 1.54) is 12.5 Å². The molecule has 2 rings (SSSR count). The fraction of sp³-hybridized carbons (Fsp3) is 0.0909. The van der Waals surface area contributed by atoms with Gasteiger partial charge in [0.1, 0.15) is 12.1 Å². The lowest BCUT2D eigenvalue weighted by atomic mass is 10.1. The standard InChI is InChI=1S/C11H11N5/c1-7-10(5-14-6-16-7)9-2-8(3-12)11(13)15-4-9/h2-6,12H,1H3,(H2,13,15). The highest BCUT2D eigenvalue weighted by molar-refractivity contribution is 5.85. The van der Waals surface area contributed by atoms with Crippen LogP contribution < -0.4 is 5.73 Å². The molecule has 0 atom stereocenters. The Labute approximate surface area is 92.9 Å². The Bertz CT molecular complexity index is 536. The van der Waals surface area contributed by atoms with E-state index >= 15 is 0 Å². The number of pyridine rings is 1. The number of aromatic nitrogens is 3. The van der Waals surface area contributed by atoms with Crippen molar-refractivity contribution in [2.45, 2.75) is 6.92 Å². The van der Waals surface area contributed by atoms with Gasteiger partial charge in [-0.05, 0) is 13.0 Å². The number of hydrogen-bond acceptors (Lipinski definition) is 5. The van der Waals surface area contributed by atoms with Gasteiger partial charge in [-0.25, -0.2) is 15.0 Å². The molecule has 0 aliphatic carbocycles. The minimum Gasteiger partial charge on any atom is -0.383 e. The van der Waals surface area contributed by atoms with Crippen molar-refractivity contribution in [1.29, 1.82) is 5.41 Å². The van der Waals surface area contributed by atoms with Gasteiger partial charge in [0, 0.05) is 41.0 Å². The second-order valence-electron chi connectivity index (χ2n) is 3.36. The Morgan fingerprint density at radius 1 is 1.31 bits per heavy atom. The quantitative estimate of drug-likeness (QED) is 0.738. The average Bonchev–Trinajstić information content (AvgIpc) is 2.31. The summed E-state index contributed by atoms with van der Waals surface area (Å²) in [4.78, 5) is 12.1. The van der Waals surface area contributed by atoms with Crippen molar-refractivity contribution in [3.05, 3.63) is 36.0 Å². The number of rotatable bonds is 2. The van der Waals surface area contributed by atoms with E-state index in [1.54, 1.807) is 18.5 Å². The molecule has 16 heavy (non-hydrogen) atoms. The van der Waals surface area contributed by atoms with Crippen molar-refractivity contribution < 1.29 is 0 Å². The van der Waals surface area contributed by atoms with Crippen LogP contribution in [-0.2, 0) is 0 Å². The van der Waals surface area contributed by atoms with Crippen molar-refractivity contribution in [2.75, 3.05) is 5.73 Å². The Hall–Kier alpha value is -2.30. The van der Waals surface area contributed by atoms with Crippen molar-refractivity contribution in [3.8, 4) is 11.1 Å². The molecule has 5 heteroatoms. The Balaban J connectivity index is 2.57. The molecule has 0 aromatic carbocycles. The van der Waals surface area contributed by atoms with Crippen LogP contribution in [0.5, 0.6) is 0 Å². The minimum atomic E-state index is 0.355. The Kier molecular flexibility index (Phi) is 2.59. The first-order valence-electron chi connectivity index (χ1n) is 4.75. The van der Waals surface area contributed by atoms with Gasteiger partial charge >= 0.3 is 0 Å². The third-order valence-electron chi connectivity index (χ3n) is 2.33. The summed E-state index contributed by atoms with van der Waals surface area (Å²) in [5, 5.41) is 7.22. The molecule has 0 fully saturated rings. The number of hydrogen-bond donors (Lipinski definition) is 2. The number of nitrogens with zero attached hydrogens (tertiary/aromatic N) is 3. The molecule has 80 valence electrons. The van der Waals surface area contributed by atoms with Gasteiger partial charge in [-0.15, -0.1) is 0 Å². The van der Waals surface area contributed by atoms with E-state index in [0.717, 1.165) is 16.8 Å². The van der Waals surface area contributed by atoms with Crippen molar-refractivity contribution in [3.63, 3.8) is 0 Å². The maximum atomic E-state index is 7.22. The highest BCUT2D eigenvalue weighted by atomic mass is 14.8. The normalized spacial score (nSPS) is 10.1. The van der Waals surface area contributed by atoms with E-state index in [2.05, 4.69) is 15.0 Å². The van der Waals surface area contributed by atoms with Gasteiger partial charge < -0.3 is 11.1 Å². The molecule has 0 amide bonds. The lowest BCUT2D eigenvalue weighted by Gasteiger charge is -2.05. The van der Waals surface area contributed by atoms with Crippen LogP contribution in [-0.4, -0.2) is 21.2 Å². The molecular weight excluding hydrogens is 202 g/mol. The van der Waals surface area contributed by atoms with Gasteiger partial charge in [0.05, 0.1) is 0 Å². The summed E-state index contributed by atoms with van der Waals surface area (Å²) in [6.45, 7) is 1.90. The van der Waals surface area contributed by atoms with Crippen molar-refractivity contribution in [1.82, 2.24) is 15.0 Å². The van der Waals surface area contributed by atoms with E-state index < -0.39 is 0 Å². The summed E-state index contributed by atoms with van der Waals surface area (Å²) in [6.07, 6.45) is 6.07. The van der Waals surface area contributed by atoms with Gasteiger partial charge in [0.2, 0.25) is 0 Å². The van der Waals surface area contributed by atoms with Gasteiger partial charge in [-0.1, -0.05) is 0 Å². The fourth-order valence-corrected chi connectivity index (χ4v) is 1.43. The van der Waals surface area contributed by atoms with Crippen LogP contribution in [0.25, 0.3) is 11.1 Å². The zero-order valence-corrected chi connectivity index (χ0v) is 8.81. The second-order valence-corrected chi connectivity index (χ2v) is 3.36. The largest absolute Gasteiger partial charge is 0.383 e. The van der Waals surface area contributed by atoms with Gasteiger partial charge in [0.15, 0.2) is 0 Å². The molecule has 5 nitrogen and oxygen atoms in total. The summed E-state index contributed by atoms with van der Waals surface area (Å²) >= 11 is 0. The van der Waals surface area contributed by atoms with E-state index in [1.807, 2.05) is 6.92 Å². The number of nitrogens with one attached hydrogen (secondary N) is 1. The fourth-order valence-electron chi connectivity index (χ4n) is 1.43. The van der Waals surface area contributed by atoms with Crippen LogP contribution in [0.1, 0.15) is 11.3 Å². The number of aryl methyl sites for hydroxylation is 1. The molecule has 0 unspecified atom stereocenters. The predicted molar refractivity (Wildman–Crippen MR) is 62.3 cm³/mol. The molecule has 0 radical (unpaired) electrons. The zero-order chi connectivity index (χ0) is 11.5. The summed E-state index contributed by atoms with van der Waals surface area (Å²) < 4.78 is 0. The molecule has 0 bridgehead atoms. The van der Waals surface area contributed by atoms with E-state index in [4.69, 9.17) is 11.1 Å². The highest BCUT2D eigenvalue weighted by Gasteiger charge is 2.05. The monoisotopic (exact) mass is 213 g/mol. The highest BCUT2D eigenvalue weighted by Crippen LogP contribution is 2.22. The smallest absolute Gasteiger partial charge is 0.132 e.